The maximum atomic E-state index is 12.9. The number of rotatable bonds is 9. The van der Waals surface area contributed by atoms with E-state index in [1.54, 1.807) is 24.3 Å². The molecular weight excluding hydrogens is 416 g/mol. The van der Waals surface area contributed by atoms with Gasteiger partial charge in [-0.1, -0.05) is 36.4 Å². The van der Waals surface area contributed by atoms with Gasteiger partial charge in [0.1, 0.15) is 0 Å². The van der Waals surface area contributed by atoms with Crippen molar-refractivity contribution in [2.45, 2.75) is 38.1 Å². The highest BCUT2D eigenvalue weighted by Gasteiger charge is 2.31. The quantitative estimate of drug-likeness (QED) is 0.506. The molecule has 2 unspecified atom stereocenters. The van der Waals surface area contributed by atoms with Gasteiger partial charge in [0.25, 0.3) is 0 Å². The molecule has 1 fully saturated rings. The molecule has 7 nitrogen and oxygen atoms in total. The summed E-state index contributed by atoms with van der Waals surface area (Å²) in [6.45, 7) is 2.01. The van der Waals surface area contributed by atoms with Crippen LogP contribution >= 0.6 is 0 Å². The Labute approximate surface area is 195 Å². The van der Waals surface area contributed by atoms with Gasteiger partial charge in [0.05, 0.1) is 24.7 Å². The smallest absolute Gasteiger partial charge is 0.319 e. The SMILES string of the molecule is COC(=O)C(Cc1ccccc1)C(CCC1CCNCC1)NC(=O)Nc1cccc(C#N)c1. The first-order valence-electron chi connectivity index (χ1n) is 11.5. The second-order valence-electron chi connectivity index (χ2n) is 8.49. The number of carbonyl (C=O) groups is 2. The standard InChI is InChI=1S/C26H32N4O3/c1-33-25(31)23(17-20-6-3-2-4-7-20)24(11-10-19-12-14-28-15-13-19)30-26(32)29-22-9-5-8-21(16-22)18-27/h2-9,16,19,23-24,28H,10-15,17H2,1H3,(H2,29,30,32). The number of esters is 1. The third-order valence-corrected chi connectivity index (χ3v) is 6.20. The Morgan fingerprint density at radius 2 is 1.91 bits per heavy atom. The van der Waals surface area contributed by atoms with Crippen LogP contribution in [0, 0.1) is 23.2 Å². The second kappa shape index (κ2) is 12.6. The first-order chi connectivity index (χ1) is 16.1. The van der Waals surface area contributed by atoms with Crippen molar-refractivity contribution in [2.75, 3.05) is 25.5 Å². The summed E-state index contributed by atoms with van der Waals surface area (Å²) in [6.07, 6.45) is 4.29. The number of methoxy groups -OCH3 is 1. The molecule has 3 rings (SSSR count). The van der Waals surface area contributed by atoms with E-state index >= 15 is 0 Å². The van der Waals surface area contributed by atoms with Crippen molar-refractivity contribution in [2.24, 2.45) is 11.8 Å². The van der Waals surface area contributed by atoms with Crippen LogP contribution in [-0.2, 0) is 16.0 Å². The van der Waals surface area contributed by atoms with Gasteiger partial charge >= 0.3 is 12.0 Å². The van der Waals surface area contributed by atoms with Gasteiger partial charge in [0.15, 0.2) is 0 Å². The average molecular weight is 449 g/mol. The van der Waals surface area contributed by atoms with Gasteiger partial charge in [-0.2, -0.15) is 5.26 Å². The highest BCUT2D eigenvalue weighted by molar-refractivity contribution is 5.90. The minimum absolute atomic E-state index is 0.332. The van der Waals surface area contributed by atoms with Crippen LogP contribution < -0.4 is 16.0 Å². The van der Waals surface area contributed by atoms with Crippen molar-refractivity contribution in [1.82, 2.24) is 10.6 Å². The number of hydrogen-bond donors (Lipinski definition) is 3. The van der Waals surface area contributed by atoms with Gasteiger partial charge in [-0.15, -0.1) is 0 Å². The predicted molar refractivity (Wildman–Crippen MR) is 128 cm³/mol. The summed E-state index contributed by atoms with van der Waals surface area (Å²) < 4.78 is 5.13. The zero-order chi connectivity index (χ0) is 23.5. The van der Waals surface area contributed by atoms with Crippen LogP contribution in [0.2, 0.25) is 0 Å². The third-order valence-electron chi connectivity index (χ3n) is 6.20. The van der Waals surface area contributed by atoms with Crippen molar-refractivity contribution in [3.05, 3.63) is 65.7 Å². The lowest BCUT2D eigenvalue weighted by molar-refractivity contribution is -0.146. The van der Waals surface area contributed by atoms with E-state index in [9.17, 15) is 9.59 Å². The normalized spacial score (nSPS) is 15.6. The molecule has 2 aromatic rings. The highest BCUT2D eigenvalue weighted by Crippen LogP contribution is 2.24. The van der Waals surface area contributed by atoms with Crippen molar-refractivity contribution >= 4 is 17.7 Å². The van der Waals surface area contributed by atoms with Crippen LogP contribution in [0.1, 0.15) is 36.8 Å². The van der Waals surface area contributed by atoms with Crippen LogP contribution in [-0.4, -0.2) is 38.2 Å². The number of nitriles is 1. The molecule has 0 saturated carbocycles. The van der Waals surface area contributed by atoms with Crippen LogP contribution in [0.5, 0.6) is 0 Å². The predicted octanol–water partition coefficient (Wildman–Crippen LogP) is 3.86. The molecule has 0 aromatic heterocycles. The molecule has 1 aliphatic rings. The topological polar surface area (TPSA) is 103 Å². The molecule has 0 radical (unpaired) electrons. The van der Waals surface area contributed by atoms with Gasteiger partial charge in [-0.05, 0) is 74.9 Å². The summed E-state index contributed by atoms with van der Waals surface area (Å²) in [7, 11) is 1.39. The fourth-order valence-electron chi connectivity index (χ4n) is 4.37. The molecule has 174 valence electrons. The van der Waals surface area contributed by atoms with Crippen molar-refractivity contribution in [3.8, 4) is 6.07 Å². The molecule has 1 saturated heterocycles. The van der Waals surface area contributed by atoms with E-state index in [0.717, 1.165) is 37.9 Å². The Morgan fingerprint density at radius 3 is 2.61 bits per heavy atom. The number of piperidine rings is 1. The van der Waals surface area contributed by atoms with E-state index in [2.05, 4.69) is 22.0 Å². The summed E-state index contributed by atoms with van der Waals surface area (Å²) in [5.74, 6) is -0.266. The maximum absolute atomic E-state index is 12.9. The van der Waals surface area contributed by atoms with Crippen LogP contribution in [0.15, 0.2) is 54.6 Å². The molecule has 1 heterocycles. The van der Waals surface area contributed by atoms with Crippen molar-refractivity contribution in [1.29, 1.82) is 5.26 Å². The first-order valence-corrected chi connectivity index (χ1v) is 11.5. The maximum Gasteiger partial charge on any atom is 0.319 e. The Balaban J connectivity index is 1.75. The number of nitrogens with zero attached hydrogens (tertiary/aromatic N) is 1. The summed E-state index contributed by atoms with van der Waals surface area (Å²) in [5.41, 5.74) is 2.01. The number of anilines is 1. The van der Waals surface area contributed by atoms with E-state index in [4.69, 9.17) is 10.00 Å². The number of urea groups is 1. The van der Waals surface area contributed by atoms with E-state index in [1.165, 1.54) is 7.11 Å². The molecule has 2 aromatic carbocycles. The fourth-order valence-corrected chi connectivity index (χ4v) is 4.37. The minimum Gasteiger partial charge on any atom is -0.469 e. The van der Waals surface area contributed by atoms with E-state index in [1.807, 2.05) is 30.3 Å². The molecule has 33 heavy (non-hydrogen) atoms. The zero-order valence-electron chi connectivity index (χ0n) is 19.0. The van der Waals surface area contributed by atoms with Gasteiger partial charge < -0.3 is 20.7 Å². The summed E-state index contributed by atoms with van der Waals surface area (Å²) in [5, 5.41) is 18.3. The zero-order valence-corrected chi connectivity index (χ0v) is 19.0. The average Bonchev–Trinajstić information content (AvgIpc) is 2.86. The van der Waals surface area contributed by atoms with Crippen LogP contribution in [0.3, 0.4) is 0 Å². The summed E-state index contributed by atoms with van der Waals surface area (Å²) >= 11 is 0. The summed E-state index contributed by atoms with van der Waals surface area (Å²) in [4.78, 5) is 25.7. The number of amides is 2. The number of nitrogens with one attached hydrogen (secondary N) is 3. The monoisotopic (exact) mass is 448 g/mol. The molecule has 0 bridgehead atoms. The molecule has 1 aliphatic heterocycles. The highest BCUT2D eigenvalue weighted by atomic mass is 16.5. The largest absolute Gasteiger partial charge is 0.469 e. The van der Waals surface area contributed by atoms with E-state index < -0.39 is 11.9 Å². The van der Waals surface area contributed by atoms with Crippen molar-refractivity contribution < 1.29 is 14.3 Å². The Hall–Kier alpha value is -3.37. The lowest BCUT2D eigenvalue weighted by atomic mass is 9.85. The molecule has 3 N–H and O–H groups in total. The first kappa shape index (κ1) is 24.3. The van der Waals surface area contributed by atoms with Crippen LogP contribution in [0.25, 0.3) is 0 Å². The van der Waals surface area contributed by atoms with Gasteiger partial charge in [0, 0.05) is 11.7 Å². The van der Waals surface area contributed by atoms with Gasteiger partial charge in [-0.25, -0.2) is 4.79 Å². The van der Waals surface area contributed by atoms with Gasteiger partial charge in [-0.3, -0.25) is 4.79 Å². The lowest BCUT2D eigenvalue weighted by Crippen LogP contribution is -2.46. The molecular formula is C26H32N4O3. The molecule has 2 atom stereocenters. The number of ether oxygens (including phenoxy) is 1. The fraction of sp³-hybridized carbons (Fsp3) is 0.423. The molecule has 0 aliphatic carbocycles. The molecule has 2 amide bonds. The third kappa shape index (κ3) is 7.62. The van der Waals surface area contributed by atoms with Gasteiger partial charge in [0.2, 0.25) is 0 Å². The minimum atomic E-state index is -0.504. The number of benzene rings is 2. The molecule has 0 spiro atoms. The van der Waals surface area contributed by atoms with Crippen LogP contribution in [0.4, 0.5) is 10.5 Å². The Morgan fingerprint density at radius 1 is 1.15 bits per heavy atom. The lowest BCUT2D eigenvalue weighted by Gasteiger charge is -2.29. The second-order valence-corrected chi connectivity index (χ2v) is 8.49. The molecule has 7 heteroatoms. The van der Waals surface area contributed by atoms with Crippen molar-refractivity contribution in [3.63, 3.8) is 0 Å². The number of carbonyl (C=O) groups excluding carboxylic acids is 2. The summed E-state index contributed by atoms with van der Waals surface area (Å²) in [6, 6.07) is 17.8. The Kier molecular flexibility index (Phi) is 9.28. The van der Waals surface area contributed by atoms with E-state index in [-0.39, 0.29) is 12.0 Å². The Bertz CT molecular complexity index is 952. The van der Waals surface area contributed by atoms with E-state index in [0.29, 0.717) is 30.0 Å². The number of hydrogen-bond acceptors (Lipinski definition) is 5.